The number of nitriles is 1. The fourth-order valence-electron chi connectivity index (χ4n) is 1.89. The van der Waals surface area contributed by atoms with E-state index in [0.717, 1.165) is 0 Å². The van der Waals surface area contributed by atoms with Crippen LogP contribution in [0.4, 0.5) is 5.69 Å². The Hall–Kier alpha value is -3.07. The van der Waals surface area contributed by atoms with E-state index in [4.69, 9.17) is 14.7 Å². The van der Waals surface area contributed by atoms with Gasteiger partial charge in [-0.05, 0) is 37.3 Å². The molecular formula is C16H14N2O4. The van der Waals surface area contributed by atoms with Gasteiger partial charge in [0.15, 0.2) is 0 Å². The van der Waals surface area contributed by atoms with E-state index in [9.17, 15) is 10.1 Å². The summed E-state index contributed by atoms with van der Waals surface area (Å²) in [6, 6.07) is 13.5. The largest absolute Gasteiger partial charge is 0.490 e. The van der Waals surface area contributed by atoms with E-state index in [2.05, 4.69) is 0 Å². The lowest BCUT2D eigenvalue weighted by Gasteiger charge is -2.10. The summed E-state index contributed by atoms with van der Waals surface area (Å²) >= 11 is 0. The minimum absolute atomic E-state index is 0.0329. The molecule has 0 unspecified atom stereocenters. The molecule has 0 aliphatic heterocycles. The zero-order valence-corrected chi connectivity index (χ0v) is 12.0. The number of hydrogen-bond acceptors (Lipinski definition) is 5. The van der Waals surface area contributed by atoms with Gasteiger partial charge in [0.1, 0.15) is 24.7 Å². The van der Waals surface area contributed by atoms with Crippen LogP contribution in [-0.4, -0.2) is 18.1 Å². The lowest BCUT2D eigenvalue weighted by molar-refractivity contribution is -0.385. The fraction of sp³-hybridized carbons (Fsp3) is 0.188. The summed E-state index contributed by atoms with van der Waals surface area (Å²) in [5.74, 6) is 1.11. The van der Waals surface area contributed by atoms with Gasteiger partial charge in [0, 0.05) is 6.07 Å². The Morgan fingerprint density at radius 2 is 1.82 bits per heavy atom. The van der Waals surface area contributed by atoms with Gasteiger partial charge in [0.25, 0.3) is 5.69 Å². The van der Waals surface area contributed by atoms with Crippen LogP contribution in [0.25, 0.3) is 0 Å². The van der Waals surface area contributed by atoms with Gasteiger partial charge in [-0.15, -0.1) is 0 Å². The van der Waals surface area contributed by atoms with Crippen molar-refractivity contribution in [1.82, 2.24) is 0 Å². The van der Waals surface area contributed by atoms with Crippen LogP contribution in [0.15, 0.2) is 42.5 Å². The Kier molecular flexibility index (Phi) is 4.94. The number of ether oxygens (including phenoxy) is 2. The second-order valence-corrected chi connectivity index (χ2v) is 4.49. The third-order valence-corrected chi connectivity index (χ3v) is 3.05. The third kappa shape index (κ3) is 3.73. The average Bonchev–Trinajstić information content (AvgIpc) is 2.53. The Balaban J connectivity index is 1.87. The first-order chi connectivity index (χ1) is 10.6. The molecule has 0 saturated heterocycles. The molecular weight excluding hydrogens is 284 g/mol. The van der Waals surface area contributed by atoms with Crippen molar-refractivity contribution in [3.63, 3.8) is 0 Å². The maximum atomic E-state index is 10.8. The predicted molar refractivity (Wildman–Crippen MR) is 80.0 cm³/mol. The normalized spacial score (nSPS) is 9.82. The van der Waals surface area contributed by atoms with Crippen molar-refractivity contribution in [1.29, 1.82) is 5.26 Å². The summed E-state index contributed by atoms with van der Waals surface area (Å²) in [6.07, 6.45) is 0. The van der Waals surface area contributed by atoms with Gasteiger partial charge >= 0.3 is 0 Å². The molecule has 0 bridgehead atoms. The Morgan fingerprint density at radius 3 is 2.45 bits per heavy atom. The first-order valence-electron chi connectivity index (χ1n) is 6.61. The number of nitrogens with zero attached hydrogens (tertiary/aromatic N) is 2. The van der Waals surface area contributed by atoms with Crippen LogP contribution in [0.1, 0.15) is 11.1 Å². The zero-order valence-electron chi connectivity index (χ0n) is 12.0. The van der Waals surface area contributed by atoms with Crippen molar-refractivity contribution >= 4 is 5.69 Å². The average molecular weight is 298 g/mol. The van der Waals surface area contributed by atoms with Crippen molar-refractivity contribution in [3.05, 3.63) is 63.7 Å². The maximum Gasteiger partial charge on any atom is 0.276 e. The molecule has 22 heavy (non-hydrogen) atoms. The number of nitro benzene ring substituents is 1. The lowest BCUT2D eigenvalue weighted by Crippen LogP contribution is -2.10. The van der Waals surface area contributed by atoms with Crippen LogP contribution in [0.3, 0.4) is 0 Å². The molecule has 0 saturated carbocycles. The smallest absolute Gasteiger partial charge is 0.276 e. The molecule has 2 aromatic carbocycles. The highest BCUT2D eigenvalue weighted by Gasteiger charge is 2.13. The second-order valence-electron chi connectivity index (χ2n) is 4.49. The third-order valence-electron chi connectivity index (χ3n) is 3.05. The highest BCUT2D eigenvalue weighted by Crippen LogP contribution is 2.26. The fourth-order valence-corrected chi connectivity index (χ4v) is 1.89. The van der Waals surface area contributed by atoms with Gasteiger partial charge in [0.05, 0.1) is 22.1 Å². The van der Waals surface area contributed by atoms with E-state index in [1.807, 2.05) is 6.07 Å². The van der Waals surface area contributed by atoms with Gasteiger partial charge in [-0.2, -0.15) is 5.26 Å². The second kappa shape index (κ2) is 7.09. The molecule has 0 spiro atoms. The lowest BCUT2D eigenvalue weighted by atomic mass is 10.2. The number of nitro groups is 1. The van der Waals surface area contributed by atoms with Gasteiger partial charge in [-0.25, -0.2) is 0 Å². The van der Waals surface area contributed by atoms with Crippen molar-refractivity contribution < 1.29 is 14.4 Å². The van der Waals surface area contributed by atoms with E-state index in [-0.39, 0.29) is 12.3 Å². The van der Waals surface area contributed by atoms with E-state index < -0.39 is 4.92 Å². The first-order valence-corrected chi connectivity index (χ1v) is 6.61. The SMILES string of the molecule is Cc1c(OCCOc2ccc(C#N)cc2)cccc1[N+](=O)[O-]. The molecule has 0 aliphatic rings. The van der Waals surface area contributed by atoms with Crippen LogP contribution in [-0.2, 0) is 0 Å². The number of hydrogen-bond donors (Lipinski definition) is 0. The molecule has 112 valence electrons. The highest BCUT2D eigenvalue weighted by molar-refractivity contribution is 5.48. The van der Waals surface area contributed by atoms with Crippen LogP contribution in [0, 0.1) is 28.4 Å². The molecule has 6 heteroatoms. The van der Waals surface area contributed by atoms with Crippen molar-refractivity contribution in [3.8, 4) is 17.6 Å². The molecule has 0 N–H and O–H groups in total. The van der Waals surface area contributed by atoms with Gasteiger partial charge < -0.3 is 9.47 Å². The Morgan fingerprint density at radius 1 is 1.14 bits per heavy atom. The minimum Gasteiger partial charge on any atom is -0.490 e. The standard InChI is InChI=1S/C16H14N2O4/c1-12-15(18(19)20)3-2-4-16(12)22-10-9-21-14-7-5-13(11-17)6-8-14/h2-8H,9-10H2,1H3. The van der Waals surface area contributed by atoms with Gasteiger partial charge in [-0.1, -0.05) is 6.07 Å². The maximum absolute atomic E-state index is 10.8. The zero-order chi connectivity index (χ0) is 15.9. The molecule has 2 aromatic rings. The van der Waals surface area contributed by atoms with Crippen LogP contribution in [0.2, 0.25) is 0 Å². The summed E-state index contributed by atoms with van der Waals surface area (Å²) < 4.78 is 11.0. The molecule has 0 heterocycles. The Labute approximate surface area is 127 Å². The summed E-state index contributed by atoms with van der Waals surface area (Å²) in [7, 11) is 0. The molecule has 0 fully saturated rings. The summed E-state index contributed by atoms with van der Waals surface area (Å²) in [5.41, 5.74) is 1.09. The van der Waals surface area contributed by atoms with Crippen molar-refractivity contribution in [2.24, 2.45) is 0 Å². The van der Waals surface area contributed by atoms with Crippen LogP contribution < -0.4 is 9.47 Å². The molecule has 0 amide bonds. The van der Waals surface area contributed by atoms with E-state index >= 15 is 0 Å². The van der Waals surface area contributed by atoms with Crippen molar-refractivity contribution in [2.75, 3.05) is 13.2 Å². The number of benzene rings is 2. The Bertz CT molecular complexity index is 705. The monoisotopic (exact) mass is 298 g/mol. The summed E-state index contributed by atoms with van der Waals surface area (Å²) in [6.45, 7) is 2.21. The molecule has 0 atom stereocenters. The molecule has 0 aliphatic carbocycles. The quantitative estimate of drug-likeness (QED) is 0.464. The molecule has 2 rings (SSSR count). The molecule has 0 aromatic heterocycles. The van der Waals surface area contributed by atoms with E-state index in [1.54, 1.807) is 43.3 Å². The topological polar surface area (TPSA) is 85.4 Å². The minimum atomic E-state index is -0.435. The molecule has 0 radical (unpaired) electrons. The molecule has 6 nitrogen and oxygen atoms in total. The predicted octanol–water partition coefficient (Wildman–Crippen LogP) is 3.23. The van der Waals surface area contributed by atoms with Crippen molar-refractivity contribution in [2.45, 2.75) is 6.92 Å². The van der Waals surface area contributed by atoms with Gasteiger partial charge in [-0.3, -0.25) is 10.1 Å². The van der Waals surface area contributed by atoms with Crippen LogP contribution in [0.5, 0.6) is 11.5 Å². The number of rotatable bonds is 6. The first kappa shape index (κ1) is 15.3. The van der Waals surface area contributed by atoms with Crippen LogP contribution >= 0.6 is 0 Å². The summed E-state index contributed by atoms with van der Waals surface area (Å²) in [4.78, 5) is 10.4. The summed E-state index contributed by atoms with van der Waals surface area (Å²) in [5, 5.41) is 19.5. The van der Waals surface area contributed by atoms with Gasteiger partial charge in [0.2, 0.25) is 0 Å². The van der Waals surface area contributed by atoms with E-state index in [0.29, 0.717) is 29.2 Å². The highest BCUT2D eigenvalue weighted by atomic mass is 16.6. The van der Waals surface area contributed by atoms with E-state index in [1.165, 1.54) is 6.07 Å².